The molecule has 58 heavy (non-hydrogen) atoms. The Morgan fingerprint density at radius 3 is 2.09 bits per heavy atom. The van der Waals surface area contributed by atoms with Crippen molar-refractivity contribution in [1.29, 1.82) is 0 Å². The lowest BCUT2D eigenvalue weighted by Crippen LogP contribution is -2.11. The maximum Gasteiger partial charge on any atom is 0.144 e. The molecule has 0 saturated heterocycles. The minimum Gasteiger partial charge on any atom is -0.507 e. The van der Waals surface area contributed by atoms with Crippen LogP contribution in [-0.4, -0.2) is 24.2 Å². The largest absolute Gasteiger partial charge is 0.507 e. The number of hydrogen-bond donors (Lipinski definition) is 1. The van der Waals surface area contributed by atoms with Gasteiger partial charge < -0.3 is 14.2 Å². The van der Waals surface area contributed by atoms with E-state index in [-0.39, 0.29) is 11.2 Å². The zero-order chi connectivity index (χ0) is 40.1. The van der Waals surface area contributed by atoms with E-state index in [1.807, 2.05) is 37.5 Å². The van der Waals surface area contributed by atoms with Crippen LogP contribution in [0.4, 0.5) is 0 Å². The second-order valence-corrected chi connectivity index (χ2v) is 16.1. The molecule has 6 aromatic carbocycles. The first-order valence-electron chi connectivity index (χ1n) is 19.9. The smallest absolute Gasteiger partial charge is 0.144 e. The highest BCUT2D eigenvalue weighted by molar-refractivity contribution is 6.01. The molecular weight excluding hydrogens is 709 g/mol. The Hall–Kier alpha value is -6.98. The molecule has 0 unspecified atom stereocenters. The normalized spacial score (nSPS) is 12.0. The SMILES string of the molecule is C/C=C\c1c(C)c2cccc(-c3ccnc(-c4cc(-c5cc(-c6ccccc6)cc6c5nc(-c5ccccc5O)n6C)cc(C(C)(C)C)c4)c3)c2n1-c1ccccc1. The number of nitrogens with zero attached hydrogens (tertiary/aromatic N) is 4. The lowest BCUT2D eigenvalue weighted by molar-refractivity contribution is 0.476. The number of aromatic hydroxyl groups is 1. The third-order valence-electron chi connectivity index (χ3n) is 11.3. The number of hydrogen-bond acceptors (Lipinski definition) is 3. The fourth-order valence-corrected chi connectivity index (χ4v) is 8.28. The molecule has 284 valence electrons. The fourth-order valence-electron chi connectivity index (χ4n) is 8.28. The molecule has 5 nitrogen and oxygen atoms in total. The van der Waals surface area contributed by atoms with Crippen LogP contribution in [0.25, 0.3) is 89.7 Å². The van der Waals surface area contributed by atoms with E-state index in [9.17, 15) is 5.11 Å². The van der Waals surface area contributed by atoms with Crippen LogP contribution in [0, 0.1) is 6.92 Å². The fraction of sp³-hybridized carbons (Fsp3) is 0.132. The molecule has 9 rings (SSSR count). The van der Waals surface area contributed by atoms with Crippen LogP contribution in [0.3, 0.4) is 0 Å². The number of phenols is 1. The maximum absolute atomic E-state index is 10.9. The van der Waals surface area contributed by atoms with Gasteiger partial charge in [0.15, 0.2) is 0 Å². The van der Waals surface area contributed by atoms with Gasteiger partial charge in [0, 0.05) is 46.7 Å². The number of aryl methyl sites for hydroxylation is 2. The van der Waals surface area contributed by atoms with Crippen molar-refractivity contribution in [2.45, 2.75) is 40.0 Å². The predicted octanol–water partition coefficient (Wildman–Crippen LogP) is 13.6. The van der Waals surface area contributed by atoms with E-state index in [1.54, 1.807) is 6.07 Å². The van der Waals surface area contributed by atoms with E-state index in [0.717, 1.165) is 61.4 Å². The average Bonchev–Trinajstić information content (AvgIpc) is 3.73. The van der Waals surface area contributed by atoms with Crippen molar-refractivity contribution >= 4 is 28.0 Å². The molecule has 0 aliphatic heterocycles. The van der Waals surface area contributed by atoms with Crippen LogP contribution in [0.5, 0.6) is 5.75 Å². The molecule has 0 bridgehead atoms. The van der Waals surface area contributed by atoms with Gasteiger partial charge in [0.25, 0.3) is 0 Å². The Bertz CT molecular complexity index is 3020. The summed E-state index contributed by atoms with van der Waals surface area (Å²) >= 11 is 0. The molecule has 0 aliphatic rings. The highest BCUT2D eigenvalue weighted by atomic mass is 16.3. The first kappa shape index (κ1) is 36.6. The maximum atomic E-state index is 10.9. The first-order valence-corrected chi connectivity index (χ1v) is 19.9. The molecule has 9 aromatic rings. The number of rotatable bonds is 7. The number of aromatic nitrogens is 4. The van der Waals surface area contributed by atoms with Gasteiger partial charge in [-0.2, -0.15) is 0 Å². The number of para-hydroxylation sites is 3. The van der Waals surface area contributed by atoms with Crippen LogP contribution in [0.15, 0.2) is 158 Å². The molecule has 1 N–H and O–H groups in total. The van der Waals surface area contributed by atoms with E-state index in [0.29, 0.717) is 11.4 Å². The quantitative estimate of drug-likeness (QED) is 0.176. The first-order chi connectivity index (χ1) is 28.1. The summed E-state index contributed by atoms with van der Waals surface area (Å²) in [5.41, 5.74) is 16.8. The molecule has 0 amide bonds. The molecule has 3 heterocycles. The molecular formula is C53H46N4O. The molecule has 0 atom stereocenters. The van der Waals surface area contributed by atoms with Crippen LogP contribution in [-0.2, 0) is 12.5 Å². The summed E-state index contributed by atoms with van der Waals surface area (Å²) in [6.07, 6.45) is 6.26. The molecule has 0 aliphatic carbocycles. The average molecular weight is 755 g/mol. The van der Waals surface area contributed by atoms with Gasteiger partial charge in [0.1, 0.15) is 11.6 Å². The van der Waals surface area contributed by atoms with Gasteiger partial charge in [-0.25, -0.2) is 4.98 Å². The summed E-state index contributed by atoms with van der Waals surface area (Å²) in [7, 11) is 2.03. The summed E-state index contributed by atoms with van der Waals surface area (Å²) in [6, 6.07) is 50.9. The Morgan fingerprint density at radius 1 is 0.638 bits per heavy atom. The van der Waals surface area contributed by atoms with Crippen LogP contribution < -0.4 is 0 Å². The minimum atomic E-state index is -0.146. The standard InChI is InChI=1S/C53H46N4O/c1-7-17-47-34(2)42-23-16-24-43(51(42)57(47)41-20-12-9-13-21-41)36-26-27-54-46(32-36)39-28-38(29-40(30-39)53(3,4)5)45-31-37(35-18-10-8-11-19-35)33-48-50(45)55-52(56(48)6)44-22-14-15-25-49(44)58/h7-33,58H,1-6H3/b17-7-. The zero-order valence-electron chi connectivity index (χ0n) is 33.8. The summed E-state index contributed by atoms with van der Waals surface area (Å²) in [6.45, 7) is 11.1. The highest BCUT2D eigenvalue weighted by Crippen LogP contribution is 2.42. The topological polar surface area (TPSA) is 55.9 Å². The Morgan fingerprint density at radius 2 is 1.34 bits per heavy atom. The van der Waals surface area contributed by atoms with Crippen molar-refractivity contribution in [1.82, 2.24) is 19.1 Å². The minimum absolute atomic E-state index is 0.146. The van der Waals surface area contributed by atoms with Gasteiger partial charge in [-0.05, 0) is 119 Å². The van der Waals surface area contributed by atoms with E-state index >= 15 is 0 Å². The van der Waals surface area contributed by atoms with Crippen molar-refractivity contribution in [3.63, 3.8) is 0 Å². The Labute approximate surface area is 340 Å². The Kier molecular flexibility index (Phi) is 9.17. The highest BCUT2D eigenvalue weighted by Gasteiger charge is 2.23. The second-order valence-electron chi connectivity index (χ2n) is 16.1. The van der Waals surface area contributed by atoms with E-state index in [2.05, 4.69) is 171 Å². The molecule has 0 fully saturated rings. The van der Waals surface area contributed by atoms with E-state index in [1.165, 1.54) is 27.7 Å². The van der Waals surface area contributed by atoms with Gasteiger partial charge in [0.2, 0.25) is 0 Å². The third-order valence-corrected chi connectivity index (χ3v) is 11.3. The van der Waals surface area contributed by atoms with Crippen LogP contribution >= 0.6 is 0 Å². The van der Waals surface area contributed by atoms with Gasteiger partial charge in [0.05, 0.1) is 27.8 Å². The second kappa shape index (κ2) is 14.5. The summed E-state index contributed by atoms with van der Waals surface area (Å²) in [4.78, 5) is 10.3. The van der Waals surface area contributed by atoms with Crippen molar-refractivity contribution in [3.05, 3.63) is 175 Å². The Balaban J connectivity index is 1.27. The van der Waals surface area contributed by atoms with E-state index in [4.69, 9.17) is 9.97 Å². The van der Waals surface area contributed by atoms with Crippen molar-refractivity contribution in [2.24, 2.45) is 7.05 Å². The summed E-state index contributed by atoms with van der Waals surface area (Å²) in [5, 5.41) is 12.2. The van der Waals surface area contributed by atoms with Gasteiger partial charge in [-0.15, -0.1) is 0 Å². The third kappa shape index (κ3) is 6.39. The lowest BCUT2D eigenvalue weighted by atomic mass is 9.83. The number of imidazole rings is 1. The van der Waals surface area contributed by atoms with Crippen molar-refractivity contribution in [2.75, 3.05) is 0 Å². The van der Waals surface area contributed by atoms with Gasteiger partial charge in [-0.1, -0.05) is 112 Å². The molecule has 0 saturated carbocycles. The van der Waals surface area contributed by atoms with Crippen LogP contribution in [0.1, 0.15) is 44.5 Å². The van der Waals surface area contributed by atoms with Gasteiger partial charge in [-0.3, -0.25) is 4.98 Å². The zero-order valence-corrected chi connectivity index (χ0v) is 33.8. The van der Waals surface area contributed by atoms with Crippen LogP contribution in [0.2, 0.25) is 0 Å². The number of pyridine rings is 1. The van der Waals surface area contributed by atoms with E-state index < -0.39 is 0 Å². The number of phenolic OH excluding ortho intramolecular Hbond substituents is 1. The molecule has 0 radical (unpaired) electrons. The monoisotopic (exact) mass is 754 g/mol. The molecule has 3 aromatic heterocycles. The van der Waals surface area contributed by atoms with Gasteiger partial charge >= 0.3 is 0 Å². The lowest BCUT2D eigenvalue weighted by Gasteiger charge is -2.22. The number of benzene rings is 6. The summed E-state index contributed by atoms with van der Waals surface area (Å²) < 4.78 is 4.48. The van der Waals surface area contributed by atoms with Crippen molar-refractivity contribution < 1.29 is 5.11 Å². The molecule has 0 spiro atoms. The summed E-state index contributed by atoms with van der Waals surface area (Å²) in [5.74, 6) is 0.914. The predicted molar refractivity (Wildman–Crippen MR) is 242 cm³/mol. The van der Waals surface area contributed by atoms with Crippen molar-refractivity contribution in [3.8, 4) is 67.5 Å². The molecule has 5 heteroatoms. The number of fused-ring (bicyclic) bond motifs is 2. The number of allylic oxidation sites excluding steroid dienone is 1.